The molecule has 4 aromatic rings. The summed E-state index contributed by atoms with van der Waals surface area (Å²) in [7, 11) is 0. The van der Waals surface area contributed by atoms with E-state index in [1.807, 2.05) is 30.3 Å². The summed E-state index contributed by atoms with van der Waals surface area (Å²) in [6.45, 7) is 4.32. The fourth-order valence-electron chi connectivity index (χ4n) is 2.87. The maximum absolute atomic E-state index is 6.35. The van der Waals surface area contributed by atoms with E-state index in [2.05, 4.69) is 35.9 Å². The van der Waals surface area contributed by atoms with E-state index in [1.54, 1.807) is 6.20 Å². The summed E-state index contributed by atoms with van der Waals surface area (Å²) in [5.41, 5.74) is 10.6. The molecule has 0 bridgehead atoms. The third kappa shape index (κ3) is 2.79. The van der Waals surface area contributed by atoms with Crippen LogP contribution >= 0.6 is 11.6 Å². The lowest BCUT2D eigenvalue weighted by Crippen LogP contribution is -1.98. The van der Waals surface area contributed by atoms with Gasteiger partial charge in [-0.05, 0) is 41.8 Å². The molecule has 124 valence electrons. The van der Waals surface area contributed by atoms with Gasteiger partial charge in [-0.3, -0.25) is 0 Å². The number of nitrogen functional groups attached to an aromatic ring is 1. The lowest BCUT2D eigenvalue weighted by molar-refractivity contribution is 0.868. The van der Waals surface area contributed by atoms with Crippen LogP contribution in [0.3, 0.4) is 0 Å². The molecule has 2 N–H and O–H groups in total. The highest BCUT2D eigenvalue weighted by molar-refractivity contribution is 6.30. The van der Waals surface area contributed by atoms with Crippen molar-refractivity contribution >= 4 is 39.2 Å². The molecule has 2 aromatic heterocycles. The van der Waals surface area contributed by atoms with E-state index in [-0.39, 0.29) is 0 Å². The van der Waals surface area contributed by atoms with Crippen molar-refractivity contribution in [2.45, 2.75) is 19.8 Å². The molecule has 2 aromatic carbocycles. The molecule has 0 saturated heterocycles. The molecule has 0 saturated carbocycles. The van der Waals surface area contributed by atoms with Crippen LogP contribution in [0.15, 0.2) is 48.7 Å². The summed E-state index contributed by atoms with van der Waals surface area (Å²) in [5.74, 6) is 1.04. The van der Waals surface area contributed by atoms with Gasteiger partial charge in [-0.1, -0.05) is 37.6 Å². The molecule has 4 nitrogen and oxygen atoms in total. The average molecular weight is 349 g/mol. The fourth-order valence-corrected chi connectivity index (χ4v) is 3.00. The molecule has 0 atom stereocenters. The van der Waals surface area contributed by atoms with Gasteiger partial charge in [-0.15, -0.1) is 0 Å². The Labute approximate surface area is 150 Å². The fraction of sp³-hybridized carbons (Fsp3) is 0.150. The second-order valence-electron chi connectivity index (χ2n) is 6.39. The van der Waals surface area contributed by atoms with Gasteiger partial charge < -0.3 is 5.73 Å². The van der Waals surface area contributed by atoms with Crippen LogP contribution in [-0.2, 0) is 0 Å². The molecule has 0 amide bonds. The summed E-state index contributed by atoms with van der Waals surface area (Å²) in [4.78, 5) is 13.8. The number of benzene rings is 2. The SMILES string of the molecule is CC(C)c1ccc2c(N)c3cnc(-c4ccc(Cl)cc4)nc3nc2c1. The van der Waals surface area contributed by atoms with Crippen molar-refractivity contribution in [3.05, 3.63) is 59.2 Å². The predicted molar refractivity (Wildman–Crippen MR) is 104 cm³/mol. The van der Waals surface area contributed by atoms with Crippen LogP contribution in [0.1, 0.15) is 25.3 Å². The first-order chi connectivity index (χ1) is 12.0. The second kappa shape index (κ2) is 5.97. The van der Waals surface area contributed by atoms with Gasteiger partial charge in [-0.2, -0.15) is 0 Å². The van der Waals surface area contributed by atoms with Crippen molar-refractivity contribution in [2.24, 2.45) is 0 Å². The van der Waals surface area contributed by atoms with Crippen LogP contribution in [0, 0.1) is 0 Å². The molecule has 2 heterocycles. The summed E-state index contributed by atoms with van der Waals surface area (Å²) in [6.07, 6.45) is 1.74. The summed E-state index contributed by atoms with van der Waals surface area (Å²) in [5, 5.41) is 2.38. The van der Waals surface area contributed by atoms with Gasteiger partial charge in [-0.25, -0.2) is 15.0 Å². The number of hydrogen-bond acceptors (Lipinski definition) is 4. The van der Waals surface area contributed by atoms with Crippen LogP contribution in [0.2, 0.25) is 5.02 Å². The summed E-state index contributed by atoms with van der Waals surface area (Å²) in [6, 6.07) is 13.6. The van der Waals surface area contributed by atoms with Gasteiger partial charge in [0.1, 0.15) is 0 Å². The maximum atomic E-state index is 6.35. The van der Waals surface area contributed by atoms with Gasteiger partial charge >= 0.3 is 0 Å². The Bertz CT molecular complexity index is 1090. The maximum Gasteiger partial charge on any atom is 0.165 e. The number of halogens is 1. The Hall–Kier alpha value is -2.72. The molecule has 5 heteroatoms. The van der Waals surface area contributed by atoms with Crippen LogP contribution < -0.4 is 5.73 Å². The molecule has 0 unspecified atom stereocenters. The van der Waals surface area contributed by atoms with Gasteiger partial charge in [0.2, 0.25) is 0 Å². The summed E-state index contributed by atoms with van der Waals surface area (Å²) < 4.78 is 0. The minimum Gasteiger partial charge on any atom is -0.398 e. The van der Waals surface area contributed by atoms with Crippen molar-refractivity contribution in [3.63, 3.8) is 0 Å². The van der Waals surface area contributed by atoms with E-state index in [1.165, 1.54) is 5.56 Å². The molecule has 0 spiro atoms. The number of aromatic nitrogens is 3. The lowest BCUT2D eigenvalue weighted by atomic mass is 10.0. The third-order valence-corrected chi connectivity index (χ3v) is 4.62. The van der Waals surface area contributed by atoms with E-state index in [4.69, 9.17) is 22.3 Å². The number of rotatable bonds is 2. The van der Waals surface area contributed by atoms with E-state index >= 15 is 0 Å². The van der Waals surface area contributed by atoms with Gasteiger partial charge in [0.05, 0.1) is 16.6 Å². The molecule has 0 radical (unpaired) electrons. The van der Waals surface area contributed by atoms with E-state index in [0.717, 1.165) is 21.9 Å². The Morgan fingerprint density at radius 3 is 2.44 bits per heavy atom. The predicted octanol–water partition coefficient (Wildman–Crippen LogP) is 5.20. The third-order valence-electron chi connectivity index (χ3n) is 4.37. The minimum absolute atomic E-state index is 0.429. The van der Waals surface area contributed by atoms with Crippen LogP contribution in [-0.4, -0.2) is 15.0 Å². The van der Waals surface area contributed by atoms with Crippen molar-refractivity contribution in [3.8, 4) is 11.4 Å². The molecular formula is C20H17ClN4. The average Bonchev–Trinajstić information content (AvgIpc) is 2.61. The topological polar surface area (TPSA) is 64.7 Å². The first-order valence-corrected chi connectivity index (χ1v) is 8.52. The highest BCUT2D eigenvalue weighted by Gasteiger charge is 2.11. The molecule has 0 aliphatic carbocycles. The molecular weight excluding hydrogens is 332 g/mol. The number of nitrogens with zero attached hydrogens (tertiary/aromatic N) is 3. The van der Waals surface area contributed by atoms with Crippen molar-refractivity contribution in [1.29, 1.82) is 0 Å². The van der Waals surface area contributed by atoms with Crippen molar-refractivity contribution in [2.75, 3.05) is 5.73 Å². The highest BCUT2D eigenvalue weighted by atomic mass is 35.5. The largest absolute Gasteiger partial charge is 0.398 e. The standard InChI is InChI=1S/C20H17ClN4/c1-11(2)13-5-8-15-17(9-13)24-20-16(18(15)22)10-23-19(25-20)12-3-6-14(21)7-4-12/h3-11H,1-2H3,(H2,22,23,24,25). The Balaban J connectivity index is 1.94. The van der Waals surface area contributed by atoms with E-state index in [0.29, 0.717) is 28.1 Å². The van der Waals surface area contributed by atoms with E-state index in [9.17, 15) is 0 Å². The Morgan fingerprint density at radius 1 is 0.960 bits per heavy atom. The number of nitrogens with two attached hydrogens (primary N) is 1. The zero-order valence-corrected chi connectivity index (χ0v) is 14.7. The zero-order chi connectivity index (χ0) is 17.6. The van der Waals surface area contributed by atoms with Gasteiger partial charge in [0, 0.05) is 22.2 Å². The number of hydrogen-bond donors (Lipinski definition) is 1. The zero-order valence-electron chi connectivity index (χ0n) is 14.0. The Kier molecular flexibility index (Phi) is 3.77. The molecule has 25 heavy (non-hydrogen) atoms. The van der Waals surface area contributed by atoms with E-state index < -0.39 is 0 Å². The minimum atomic E-state index is 0.429. The number of anilines is 1. The quantitative estimate of drug-likeness (QED) is 0.505. The summed E-state index contributed by atoms with van der Waals surface area (Å²) >= 11 is 5.95. The van der Waals surface area contributed by atoms with Crippen molar-refractivity contribution < 1.29 is 0 Å². The van der Waals surface area contributed by atoms with Crippen LogP contribution in [0.4, 0.5) is 5.69 Å². The monoisotopic (exact) mass is 348 g/mol. The molecule has 0 aliphatic rings. The van der Waals surface area contributed by atoms with Gasteiger partial charge in [0.15, 0.2) is 11.5 Å². The van der Waals surface area contributed by atoms with Crippen LogP contribution in [0.25, 0.3) is 33.3 Å². The first-order valence-electron chi connectivity index (χ1n) is 8.15. The van der Waals surface area contributed by atoms with Crippen molar-refractivity contribution in [1.82, 2.24) is 15.0 Å². The number of fused-ring (bicyclic) bond motifs is 2. The molecule has 0 fully saturated rings. The normalized spacial score (nSPS) is 11.5. The molecule has 4 rings (SSSR count). The highest BCUT2D eigenvalue weighted by Crippen LogP contribution is 2.30. The number of pyridine rings is 1. The molecule has 0 aliphatic heterocycles. The second-order valence-corrected chi connectivity index (χ2v) is 6.83. The first kappa shape index (κ1) is 15.8. The van der Waals surface area contributed by atoms with Gasteiger partial charge in [0.25, 0.3) is 0 Å². The smallest absolute Gasteiger partial charge is 0.165 e. The van der Waals surface area contributed by atoms with Crippen LogP contribution in [0.5, 0.6) is 0 Å². The lowest BCUT2D eigenvalue weighted by Gasteiger charge is -2.10. The Morgan fingerprint density at radius 2 is 1.72 bits per heavy atom.